The molecule has 0 bridgehead atoms. The SMILES string of the molecule is CCn1cncc1/C=C/CN. The summed E-state index contributed by atoms with van der Waals surface area (Å²) in [6.45, 7) is 3.61. The maximum atomic E-state index is 5.32. The average molecular weight is 151 g/mol. The lowest BCUT2D eigenvalue weighted by Crippen LogP contribution is -1.96. The molecule has 1 aromatic heterocycles. The molecule has 0 spiro atoms. The second kappa shape index (κ2) is 3.93. The van der Waals surface area contributed by atoms with E-state index in [0.29, 0.717) is 6.54 Å². The van der Waals surface area contributed by atoms with Gasteiger partial charge in [0.25, 0.3) is 0 Å². The van der Waals surface area contributed by atoms with Gasteiger partial charge in [-0.2, -0.15) is 0 Å². The van der Waals surface area contributed by atoms with Crippen molar-refractivity contribution in [2.75, 3.05) is 6.54 Å². The molecule has 0 atom stereocenters. The van der Waals surface area contributed by atoms with Crippen LogP contribution in [0.2, 0.25) is 0 Å². The van der Waals surface area contributed by atoms with Crippen molar-refractivity contribution in [2.24, 2.45) is 5.73 Å². The summed E-state index contributed by atoms with van der Waals surface area (Å²) in [4.78, 5) is 4.02. The topological polar surface area (TPSA) is 43.8 Å². The van der Waals surface area contributed by atoms with Crippen LogP contribution in [0.5, 0.6) is 0 Å². The maximum Gasteiger partial charge on any atom is 0.0950 e. The van der Waals surface area contributed by atoms with Crippen LogP contribution in [0.3, 0.4) is 0 Å². The lowest BCUT2D eigenvalue weighted by Gasteiger charge is -1.97. The highest BCUT2D eigenvalue weighted by Gasteiger charge is 1.92. The van der Waals surface area contributed by atoms with Crippen molar-refractivity contribution in [1.82, 2.24) is 9.55 Å². The smallest absolute Gasteiger partial charge is 0.0950 e. The number of aryl methyl sites for hydroxylation is 1. The minimum atomic E-state index is 0.578. The zero-order chi connectivity index (χ0) is 8.10. The highest BCUT2D eigenvalue weighted by Crippen LogP contribution is 2.00. The molecule has 0 radical (unpaired) electrons. The van der Waals surface area contributed by atoms with Crippen molar-refractivity contribution < 1.29 is 0 Å². The van der Waals surface area contributed by atoms with E-state index in [0.717, 1.165) is 12.2 Å². The van der Waals surface area contributed by atoms with Crippen LogP contribution in [0.15, 0.2) is 18.6 Å². The van der Waals surface area contributed by atoms with E-state index in [2.05, 4.69) is 16.5 Å². The van der Waals surface area contributed by atoms with Gasteiger partial charge in [0, 0.05) is 13.1 Å². The second-order valence-corrected chi connectivity index (χ2v) is 2.24. The number of aromatic nitrogens is 2. The highest BCUT2D eigenvalue weighted by molar-refractivity contribution is 5.43. The van der Waals surface area contributed by atoms with Crippen molar-refractivity contribution in [3.8, 4) is 0 Å². The molecule has 0 saturated carbocycles. The Hall–Kier alpha value is -1.09. The predicted octanol–water partition coefficient (Wildman–Crippen LogP) is 0.875. The summed E-state index contributed by atoms with van der Waals surface area (Å²) in [5.74, 6) is 0. The average Bonchev–Trinajstić information content (AvgIpc) is 2.47. The minimum absolute atomic E-state index is 0.578. The molecule has 0 aliphatic heterocycles. The summed E-state index contributed by atoms with van der Waals surface area (Å²) in [5.41, 5.74) is 6.43. The van der Waals surface area contributed by atoms with Gasteiger partial charge in [-0.1, -0.05) is 6.08 Å². The molecule has 0 fully saturated rings. The Balaban J connectivity index is 2.76. The molecule has 0 amide bonds. The van der Waals surface area contributed by atoms with Crippen LogP contribution >= 0.6 is 0 Å². The Morgan fingerprint density at radius 1 is 1.73 bits per heavy atom. The molecule has 60 valence electrons. The number of rotatable bonds is 3. The van der Waals surface area contributed by atoms with Crippen LogP contribution in [0, 0.1) is 0 Å². The molecule has 1 heterocycles. The predicted molar refractivity (Wildman–Crippen MR) is 46.0 cm³/mol. The third-order valence-corrected chi connectivity index (χ3v) is 1.51. The summed E-state index contributed by atoms with van der Waals surface area (Å²) < 4.78 is 2.06. The third-order valence-electron chi connectivity index (χ3n) is 1.51. The first-order valence-electron chi connectivity index (χ1n) is 3.75. The summed E-state index contributed by atoms with van der Waals surface area (Å²) in [7, 11) is 0. The largest absolute Gasteiger partial charge is 0.331 e. The fourth-order valence-corrected chi connectivity index (χ4v) is 0.923. The summed E-state index contributed by atoms with van der Waals surface area (Å²) >= 11 is 0. The molecule has 1 aromatic rings. The minimum Gasteiger partial charge on any atom is -0.331 e. The summed E-state index contributed by atoms with van der Waals surface area (Å²) in [6.07, 6.45) is 7.55. The Kier molecular flexibility index (Phi) is 2.86. The number of hydrogen-bond acceptors (Lipinski definition) is 2. The van der Waals surface area contributed by atoms with Gasteiger partial charge in [-0.05, 0) is 13.0 Å². The van der Waals surface area contributed by atoms with Crippen LogP contribution in [0.1, 0.15) is 12.6 Å². The molecule has 0 aliphatic carbocycles. The van der Waals surface area contributed by atoms with Crippen LogP contribution < -0.4 is 5.73 Å². The van der Waals surface area contributed by atoms with Gasteiger partial charge in [-0.15, -0.1) is 0 Å². The van der Waals surface area contributed by atoms with Gasteiger partial charge in [0.2, 0.25) is 0 Å². The zero-order valence-corrected chi connectivity index (χ0v) is 6.70. The first-order valence-corrected chi connectivity index (χ1v) is 3.75. The van der Waals surface area contributed by atoms with Crippen molar-refractivity contribution in [1.29, 1.82) is 0 Å². The molecule has 0 aliphatic rings. The Bertz CT molecular complexity index is 237. The highest BCUT2D eigenvalue weighted by atomic mass is 15.0. The summed E-state index contributed by atoms with van der Waals surface area (Å²) in [6, 6.07) is 0. The molecule has 1 rings (SSSR count). The van der Waals surface area contributed by atoms with E-state index in [9.17, 15) is 0 Å². The standard InChI is InChI=1S/C8H13N3/c1-2-11-7-10-6-8(11)4-3-5-9/h3-4,6-7H,2,5,9H2,1H3/b4-3+. The number of imidazole rings is 1. The number of nitrogens with zero attached hydrogens (tertiary/aromatic N) is 2. The van der Waals surface area contributed by atoms with Crippen LogP contribution in [-0.4, -0.2) is 16.1 Å². The van der Waals surface area contributed by atoms with E-state index in [1.54, 1.807) is 0 Å². The zero-order valence-electron chi connectivity index (χ0n) is 6.70. The first-order chi connectivity index (χ1) is 5.38. The van der Waals surface area contributed by atoms with E-state index in [-0.39, 0.29) is 0 Å². The van der Waals surface area contributed by atoms with Gasteiger partial charge in [0.1, 0.15) is 0 Å². The van der Waals surface area contributed by atoms with Gasteiger partial charge in [-0.3, -0.25) is 0 Å². The van der Waals surface area contributed by atoms with Gasteiger partial charge < -0.3 is 10.3 Å². The Morgan fingerprint density at radius 3 is 3.18 bits per heavy atom. The fraction of sp³-hybridized carbons (Fsp3) is 0.375. The molecule has 0 unspecified atom stereocenters. The molecule has 11 heavy (non-hydrogen) atoms. The molecular weight excluding hydrogens is 138 g/mol. The number of hydrogen-bond donors (Lipinski definition) is 1. The monoisotopic (exact) mass is 151 g/mol. The molecular formula is C8H13N3. The van der Waals surface area contributed by atoms with Crippen molar-refractivity contribution in [3.05, 3.63) is 24.3 Å². The second-order valence-electron chi connectivity index (χ2n) is 2.24. The van der Waals surface area contributed by atoms with Crippen molar-refractivity contribution in [2.45, 2.75) is 13.5 Å². The third kappa shape index (κ3) is 1.91. The quantitative estimate of drug-likeness (QED) is 0.696. The van der Waals surface area contributed by atoms with Gasteiger partial charge in [-0.25, -0.2) is 4.98 Å². The van der Waals surface area contributed by atoms with E-state index >= 15 is 0 Å². The first kappa shape index (κ1) is 8.01. The van der Waals surface area contributed by atoms with E-state index in [1.165, 1.54) is 0 Å². The number of nitrogens with two attached hydrogens (primary N) is 1. The molecule has 2 N–H and O–H groups in total. The van der Waals surface area contributed by atoms with E-state index in [1.807, 2.05) is 24.7 Å². The van der Waals surface area contributed by atoms with E-state index in [4.69, 9.17) is 5.73 Å². The molecule has 0 saturated heterocycles. The molecule has 3 heteroatoms. The maximum absolute atomic E-state index is 5.32. The van der Waals surface area contributed by atoms with Crippen molar-refractivity contribution >= 4 is 6.08 Å². The van der Waals surface area contributed by atoms with Gasteiger partial charge >= 0.3 is 0 Å². The van der Waals surface area contributed by atoms with E-state index < -0.39 is 0 Å². The lowest BCUT2D eigenvalue weighted by molar-refractivity contribution is 0.754. The molecule has 3 nitrogen and oxygen atoms in total. The van der Waals surface area contributed by atoms with Gasteiger partial charge in [0.15, 0.2) is 0 Å². The van der Waals surface area contributed by atoms with Gasteiger partial charge in [0.05, 0.1) is 18.2 Å². The van der Waals surface area contributed by atoms with Crippen molar-refractivity contribution in [3.63, 3.8) is 0 Å². The Morgan fingerprint density at radius 2 is 2.55 bits per heavy atom. The molecule has 0 aromatic carbocycles. The van der Waals surface area contributed by atoms with Crippen LogP contribution in [0.25, 0.3) is 6.08 Å². The summed E-state index contributed by atoms with van der Waals surface area (Å²) in [5, 5.41) is 0. The van der Waals surface area contributed by atoms with Crippen LogP contribution in [0.4, 0.5) is 0 Å². The fourth-order valence-electron chi connectivity index (χ4n) is 0.923. The normalized spacial score (nSPS) is 11.1. The lowest BCUT2D eigenvalue weighted by atomic mass is 10.4. The van der Waals surface area contributed by atoms with Crippen LogP contribution in [-0.2, 0) is 6.54 Å². The Labute approximate surface area is 66.5 Å².